The van der Waals surface area contributed by atoms with Crippen LogP contribution in [0.25, 0.3) is 0 Å². The Hall–Kier alpha value is -0.120. The molecule has 1 aliphatic rings. The minimum absolute atomic E-state index is 0.0653. The monoisotopic (exact) mass is 342 g/mol. The van der Waals surface area contributed by atoms with Crippen molar-refractivity contribution in [3.05, 3.63) is 0 Å². The lowest BCUT2D eigenvalue weighted by molar-refractivity contribution is -0.897. The molecule has 3 heteroatoms. The van der Waals surface area contributed by atoms with Gasteiger partial charge in [-0.2, -0.15) is 0 Å². The van der Waals surface area contributed by atoms with Gasteiger partial charge in [0.05, 0.1) is 27.2 Å². The third-order valence-corrected chi connectivity index (χ3v) is 5.59. The summed E-state index contributed by atoms with van der Waals surface area (Å²) in [6.45, 7) is 2.98. The van der Waals surface area contributed by atoms with E-state index in [-0.39, 0.29) is 18.2 Å². The smallest absolute Gasteiger partial charge is 0.141 e. The largest absolute Gasteiger partial charge is 0.384 e. The van der Waals surface area contributed by atoms with Crippen LogP contribution >= 0.6 is 0 Å². The molecule has 0 aromatic heterocycles. The average molecular weight is 343 g/mol. The molecule has 3 atom stereocenters. The molecular weight excluding hydrogens is 298 g/mol. The minimum Gasteiger partial charge on any atom is -0.384 e. The first-order valence-electron chi connectivity index (χ1n) is 10.6. The van der Waals surface area contributed by atoms with Crippen molar-refractivity contribution in [3.8, 4) is 0 Å². The average Bonchev–Trinajstić information content (AvgIpc) is 2.89. The SMILES string of the molecule is CCCCCCCCCCCCCC[C@H]1OC[C@H]([N+](C)(C)C)[C@@H]1O. The first-order valence-corrected chi connectivity index (χ1v) is 10.6. The van der Waals surface area contributed by atoms with Gasteiger partial charge < -0.3 is 14.3 Å². The van der Waals surface area contributed by atoms with Crippen LogP contribution in [0.3, 0.4) is 0 Å². The van der Waals surface area contributed by atoms with Gasteiger partial charge in [0, 0.05) is 0 Å². The van der Waals surface area contributed by atoms with E-state index in [1.165, 1.54) is 77.0 Å². The number of hydrogen-bond acceptors (Lipinski definition) is 2. The van der Waals surface area contributed by atoms with Gasteiger partial charge in [0.15, 0.2) is 0 Å². The molecule has 1 N–H and O–H groups in total. The van der Waals surface area contributed by atoms with Crippen molar-refractivity contribution in [2.45, 2.75) is 109 Å². The third-order valence-electron chi connectivity index (χ3n) is 5.59. The fraction of sp³-hybridized carbons (Fsp3) is 1.00. The van der Waals surface area contributed by atoms with Gasteiger partial charge in [-0.1, -0.05) is 84.0 Å². The zero-order chi connectivity index (χ0) is 17.8. The molecule has 1 rings (SSSR count). The van der Waals surface area contributed by atoms with Crippen LogP contribution in [-0.4, -0.2) is 55.6 Å². The molecule has 0 aromatic rings. The highest BCUT2D eigenvalue weighted by atomic mass is 16.5. The summed E-state index contributed by atoms with van der Waals surface area (Å²) in [5.41, 5.74) is 0. The minimum atomic E-state index is -0.294. The Labute approximate surface area is 151 Å². The second kappa shape index (κ2) is 12.3. The van der Waals surface area contributed by atoms with E-state index in [1.807, 2.05) is 0 Å². The number of hydrogen-bond donors (Lipinski definition) is 1. The standard InChI is InChI=1S/C21H44NO2/c1-5-6-7-8-9-10-11-12-13-14-15-16-17-20-21(23)19(18-24-20)22(2,3)4/h19-21,23H,5-18H2,1-4H3/q+1/t19-,20+,21-/m0/s1. The van der Waals surface area contributed by atoms with E-state index >= 15 is 0 Å². The van der Waals surface area contributed by atoms with Crippen molar-refractivity contribution in [2.24, 2.45) is 0 Å². The lowest BCUT2D eigenvalue weighted by Crippen LogP contribution is -2.52. The Morgan fingerprint density at radius 2 is 1.25 bits per heavy atom. The van der Waals surface area contributed by atoms with Gasteiger partial charge in [-0.3, -0.25) is 0 Å². The van der Waals surface area contributed by atoms with Crippen LogP contribution in [0.1, 0.15) is 90.4 Å². The number of unbranched alkanes of at least 4 members (excludes halogenated alkanes) is 11. The topological polar surface area (TPSA) is 29.5 Å². The van der Waals surface area contributed by atoms with Gasteiger partial charge in [0.25, 0.3) is 0 Å². The lowest BCUT2D eigenvalue weighted by Gasteiger charge is -2.32. The van der Waals surface area contributed by atoms with Gasteiger partial charge >= 0.3 is 0 Å². The summed E-state index contributed by atoms with van der Waals surface area (Å²) in [5.74, 6) is 0. The van der Waals surface area contributed by atoms with E-state index in [0.717, 1.165) is 10.9 Å². The zero-order valence-electron chi connectivity index (χ0n) is 16.9. The fourth-order valence-electron chi connectivity index (χ4n) is 3.79. The van der Waals surface area contributed by atoms with Crippen molar-refractivity contribution >= 4 is 0 Å². The Balaban J connectivity index is 1.91. The predicted molar refractivity (Wildman–Crippen MR) is 103 cm³/mol. The van der Waals surface area contributed by atoms with Crippen LogP contribution < -0.4 is 0 Å². The Kier molecular flexibility index (Phi) is 11.2. The van der Waals surface area contributed by atoms with E-state index < -0.39 is 0 Å². The lowest BCUT2D eigenvalue weighted by atomic mass is 10.0. The van der Waals surface area contributed by atoms with Crippen molar-refractivity contribution in [3.63, 3.8) is 0 Å². The summed E-state index contributed by atoms with van der Waals surface area (Å²) in [4.78, 5) is 0. The number of aliphatic hydroxyl groups excluding tert-OH is 1. The van der Waals surface area contributed by atoms with Gasteiger partial charge in [0.2, 0.25) is 0 Å². The second-order valence-electron chi connectivity index (χ2n) is 8.72. The molecule has 144 valence electrons. The highest BCUT2D eigenvalue weighted by Crippen LogP contribution is 2.25. The maximum absolute atomic E-state index is 10.4. The van der Waals surface area contributed by atoms with Crippen LogP contribution in [0, 0.1) is 0 Å². The highest BCUT2D eigenvalue weighted by molar-refractivity contribution is 4.84. The third kappa shape index (κ3) is 8.82. The molecule has 0 spiro atoms. The van der Waals surface area contributed by atoms with Crippen LogP contribution in [0.4, 0.5) is 0 Å². The number of aliphatic hydroxyl groups is 1. The first kappa shape index (κ1) is 21.9. The van der Waals surface area contributed by atoms with E-state index in [1.54, 1.807) is 0 Å². The van der Waals surface area contributed by atoms with Crippen molar-refractivity contribution in [1.82, 2.24) is 0 Å². The molecule has 0 saturated carbocycles. The normalized spacial score (nSPS) is 24.6. The molecule has 1 saturated heterocycles. The summed E-state index contributed by atoms with van der Waals surface area (Å²) in [6.07, 6.45) is 17.3. The summed E-state index contributed by atoms with van der Waals surface area (Å²) in [5, 5.41) is 10.4. The summed E-state index contributed by atoms with van der Waals surface area (Å²) < 4.78 is 6.63. The van der Waals surface area contributed by atoms with E-state index in [2.05, 4.69) is 28.1 Å². The molecular formula is C21H44NO2+. The molecule has 0 amide bonds. The van der Waals surface area contributed by atoms with Crippen LogP contribution in [0.2, 0.25) is 0 Å². The number of likely N-dealkylation sites (N-methyl/N-ethyl adjacent to an activating group) is 1. The number of rotatable bonds is 14. The van der Waals surface area contributed by atoms with Crippen molar-refractivity contribution in [2.75, 3.05) is 27.7 Å². The quantitative estimate of drug-likeness (QED) is 0.359. The predicted octanol–water partition coefficient (Wildman–Crippen LogP) is 4.91. The Morgan fingerprint density at radius 3 is 1.67 bits per heavy atom. The molecule has 0 unspecified atom stereocenters. The fourth-order valence-corrected chi connectivity index (χ4v) is 3.79. The molecule has 1 fully saturated rings. The Bertz CT molecular complexity index is 301. The first-order chi connectivity index (χ1) is 11.5. The van der Waals surface area contributed by atoms with Crippen LogP contribution in [0.15, 0.2) is 0 Å². The Morgan fingerprint density at radius 1 is 0.792 bits per heavy atom. The van der Waals surface area contributed by atoms with Crippen LogP contribution in [0.5, 0.6) is 0 Å². The summed E-state index contributed by atoms with van der Waals surface area (Å²) in [7, 11) is 6.43. The number of ether oxygens (including phenoxy) is 1. The summed E-state index contributed by atoms with van der Waals surface area (Å²) >= 11 is 0. The van der Waals surface area contributed by atoms with E-state index in [4.69, 9.17) is 4.74 Å². The maximum Gasteiger partial charge on any atom is 0.141 e. The number of nitrogens with zero attached hydrogens (tertiary/aromatic N) is 1. The second-order valence-corrected chi connectivity index (χ2v) is 8.72. The van der Waals surface area contributed by atoms with Crippen LogP contribution in [-0.2, 0) is 4.74 Å². The highest BCUT2D eigenvalue weighted by Gasteiger charge is 2.43. The molecule has 1 aliphatic heterocycles. The zero-order valence-corrected chi connectivity index (χ0v) is 16.9. The molecule has 1 heterocycles. The summed E-state index contributed by atoms with van der Waals surface area (Å²) in [6, 6.07) is 0.229. The van der Waals surface area contributed by atoms with Gasteiger partial charge in [-0.25, -0.2) is 0 Å². The molecule has 0 aliphatic carbocycles. The molecule has 0 aromatic carbocycles. The molecule has 0 radical (unpaired) electrons. The maximum atomic E-state index is 10.4. The van der Waals surface area contributed by atoms with Gasteiger partial charge in [0.1, 0.15) is 18.8 Å². The van der Waals surface area contributed by atoms with Crippen molar-refractivity contribution < 1.29 is 14.3 Å². The van der Waals surface area contributed by atoms with E-state index in [9.17, 15) is 5.11 Å². The van der Waals surface area contributed by atoms with Gasteiger partial charge in [-0.15, -0.1) is 0 Å². The van der Waals surface area contributed by atoms with E-state index in [0.29, 0.717) is 6.61 Å². The van der Waals surface area contributed by atoms with Gasteiger partial charge in [-0.05, 0) is 6.42 Å². The van der Waals surface area contributed by atoms with Crippen molar-refractivity contribution in [1.29, 1.82) is 0 Å². The molecule has 3 nitrogen and oxygen atoms in total. The molecule has 0 bridgehead atoms. The molecule has 24 heavy (non-hydrogen) atoms. The number of quaternary nitrogens is 1.